The number of methoxy groups -OCH3 is 2. The van der Waals surface area contributed by atoms with Crippen molar-refractivity contribution in [1.29, 1.82) is 0 Å². The van der Waals surface area contributed by atoms with Crippen molar-refractivity contribution in [3.63, 3.8) is 0 Å². The Bertz CT molecular complexity index is 633. The number of carbonyl (C=O) groups is 1. The molecular formula is C15H19N3O3S. The average molecular weight is 321 g/mol. The van der Waals surface area contributed by atoms with E-state index in [1.54, 1.807) is 25.7 Å². The van der Waals surface area contributed by atoms with Crippen LogP contribution in [0.2, 0.25) is 0 Å². The summed E-state index contributed by atoms with van der Waals surface area (Å²) >= 11 is 1.38. The maximum atomic E-state index is 12.1. The lowest BCUT2D eigenvalue weighted by Crippen LogP contribution is -2.23. The lowest BCUT2D eigenvalue weighted by molar-refractivity contribution is 0.0946. The Balaban J connectivity index is 2.04. The molecule has 2 rings (SSSR count). The van der Waals surface area contributed by atoms with Crippen LogP contribution in [0.25, 0.3) is 0 Å². The van der Waals surface area contributed by atoms with Crippen LogP contribution in [0.5, 0.6) is 11.5 Å². The van der Waals surface area contributed by atoms with Gasteiger partial charge in [-0.25, -0.2) is 4.98 Å². The first-order chi connectivity index (χ1) is 10.5. The summed E-state index contributed by atoms with van der Waals surface area (Å²) in [7, 11) is 3.17. The highest BCUT2D eigenvalue weighted by Crippen LogP contribution is 2.22. The van der Waals surface area contributed by atoms with Gasteiger partial charge in [0.25, 0.3) is 5.91 Å². The predicted molar refractivity (Wildman–Crippen MR) is 85.4 cm³/mol. The molecule has 3 N–H and O–H groups in total. The van der Waals surface area contributed by atoms with E-state index in [-0.39, 0.29) is 11.9 Å². The van der Waals surface area contributed by atoms with Crippen LogP contribution in [0.1, 0.15) is 34.0 Å². The number of benzene rings is 1. The summed E-state index contributed by atoms with van der Waals surface area (Å²) in [5.41, 5.74) is 7.01. The van der Waals surface area contributed by atoms with Crippen molar-refractivity contribution in [3.05, 3.63) is 39.8 Å². The number of nitrogens with two attached hydrogens (primary N) is 1. The predicted octanol–water partition coefficient (Wildman–Crippen LogP) is 2.11. The van der Waals surface area contributed by atoms with E-state index in [2.05, 4.69) is 10.3 Å². The molecule has 1 aromatic heterocycles. The molecule has 0 bridgehead atoms. The Labute approximate surface area is 133 Å². The molecule has 0 radical (unpaired) electrons. The van der Waals surface area contributed by atoms with Crippen LogP contribution in [-0.2, 0) is 6.54 Å². The number of amides is 1. The summed E-state index contributed by atoms with van der Waals surface area (Å²) < 4.78 is 10.4. The van der Waals surface area contributed by atoms with Crippen molar-refractivity contribution in [3.8, 4) is 11.5 Å². The van der Waals surface area contributed by atoms with Gasteiger partial charge in [-0.2, -0.15) is 0 Å². The number of rotatable bonds is 6. The van der Waals surface area contributed by atoms with Crippen molar-refractivity contribution >= 4 is 17.2 Å². The van der Waals surface area contributed by atoms with Gasteiger partial charge < -0.3 is 20.5 Å². The van der Waals surface area contributed by atoms with Crippen LogP contribution in [0, 0.1) is 0 Å². The monoisotopic (exact) mass is 321 g/mol. The minimum atomic E-state index is -0.232. The second-order valence-electron chi connectivity index (χ2n) is 4.76. The summed E-state index contributed by atoms with van der Waals surface area (Å²) in [6, 6.07) is 5.30. The number of nitrogens with one attached hydrogen (secondary N) is 1. The molecule has 1 unspecified atom stereocenters. The summed E-state index contributed by atoms with van der Waals surface area (Å²) in [4.78, 5) is 16.3. The first-order valence-corrected chi connectivity index (χ1v) is 7.62. The molecule has 2 aromatic rings. The maximum absolute atomic E-state index is 12.1. The highest BCUT2D eigenvalue weighted by molar-refractivity contribution is 7.09. The van der Waals surface area contributed by atoms with Crippen LogP contribution in [-0.4, -0.2) is 25.1 Å². The number of nitrogens with zero attached hydrogens (tertiary/aromatic N) is 1. The van der Waals surface area contributed by atoms with E-state index in [9.17, 15) is 4.79 Å². The van der Waals surface area contributed by atoms with Gasteiger partial charge >= 0.3 is 0 Å². The third-order valence-corrected chi connectivity index (χ3v) is 4.05. The Morgan fingerprint density at radius 1 is 1.32 bits per heavy atom. The minimum absolute atomic E-state index is 0.172. The molecule has 0 saturated carbocycles. The van der Waals surface area contributed by atoms with Crippen LogP contribution in [0.3, 0.4) is 0 Å². The zero-order chi connectivity index (χ0) is 16.1. The van der Waals surface area contributed by atoms with Gasteiger partial charge in [0.15, 0.2) is 0 Å². The molecule has 0 aliphatic rings. The minimum Gasteiger partial charge on any atom is -0.497 e. The molecule has 7 heteroatoms. The van der Waals surface area contributed by atoms with E-state index in [1.807, 2.05) is 19.1 Å². The normalized spacial score (nSPS) is 11.8. The van der Waals surface area contributed by atoms with Crippen LogP contribution in [0.15, 0.2) is 23.6 Å². The van der Waals surface area contributed by atoms with E-state index >= 15 is 0 Å². The van der Waals surface area contributed by atoms with Gasteiger partial charge in [0.1, 0.15) is 22.2 Å². The van der Waals surface area contributed by atoms with Gasteiger partial charge in [-0.05, 0) is 24.6 Å². The fourth-order valence-corrected chi connectivity index (χ4v) is 2.60. The standard InChI is InChI=1S/C15H19N3O3S/c1-9(16)15-18-13(8-22-15)14(19)17-7-10-4-11(20-2)6-12(5-10)21-3/h4-6,8-9H,7,16H2,1-3H3,(H,17,19). The Hall–Kier alpha value is -2.12. The van der Waals surface area contributed by atoms with Crippen molar-refractivity contribution in [2.24, 2.45) is 5.73 Å². The van der Waals surface area contributed by atoms with Crippen molar-refractivity contribution in [1.82, 2.24) is 10.3 Å². The summed E-state index contributed by atoms with van der Waals surface area (Å²) in [6.07, 6.45) is 0. The van der Waals surface area contributed by atoms with Gasteiger partial charge in [0.05, 0.1) is 20.3 Å². The first-order valence-electron chi connectivity index (χ1n) is 6.74. The molecule has 22 heavy (non-hydrogen) atoms. The number of hydrogen-bond acceptors (Lipinski definition) is 6. The lowest BCUT2D eigenvalue weighted by Gasteiger charge is -2.09. The van der Waals surface area contributed by atoms with Crippen LogP contribution >= 0.6 is 11.3 Å². The molecule has 0 aliphatic carbocycles. The molecule has 1 heterocycles. The molecule has 0 spiro atoms. The van der Waals surface area contributed by atoms with E-state index in [1.165, 1.54) is 11.3 Å². The summed E-state index contributed by atoms with van der Waals surface area (Å²) in [5.74, 6) is 1.12. The Kier molecular flexibility index (Phi) is 5.35. The molecule has 1 aromatic carbocycles. The van der Waals surface area contributed by atoms with Crippen molar-refractivity contribution in [2.45, 2.75) is 19.5 Å². The third kappa shape index (κ3) is 3.96. The molecular weight excluding hydrogens is 302 g/mol. The second-order valence-corrected chi connectivity index (χ2v) is 5.65. The number of thiazole rings is 1. The Morgan fingerprint density at radius 3 is 2.45 bits per heavy atom. The van der Waals surface area contributed by atoms with E-state index in [0.717, 1.165) is 10.6 Å². The average Bonchev–Trinajstić information content (AvgIpc) is 3.02. The fourth-order valence-electron chi connectivity index (χ4n) is 1.84. The number of ether oxygens (including phenoxy) is 2. The summed E-state index contributed by atoms with van der Waals surface area (Å²) in [6.45, 7) is 2.19. The maximum Gasteiger partial charge on any atom is 0.271 e. The summed E-state index contributed by atoms with van der Waals surface area (Å²) in [5, 5.41) is 5.28. The lowest BCUT2D eigenvalue weighted by atomic mass is 10.2. The van der Waals surface area contributed by atoms with Gasteiger partial charge in [-0.1, -0.05) is 0 Å². The van der Waals surface area contributed by atoms with Crippen LogP contribution in [0.4, 0.5) is 0 Å². The van der Waals surface area contributed by atoms with Crippen molar-refractivity contribution < 1.29 is 14.3 Å². The fraction of sp³-hybridized carbons (Fsp3) is 0.333. The third-order valence-electron chi connectivity index (χ3n) is 3.01. The van der Waals surface area contributed by atoms with Crippen molar-refractivity contribution in [2.75, 3.05) is 14.2 Å². The highest BCUT2D eigenvalue weighted by atomic mass is 32.1. The molecule has 0 saturated heterocycles. The zero-order valence-corrected chi connectivity index (χ0v) is 13.6. The van der Waals surface area contributed by atoms with E-state index in [0.29, 0.717) is 23.7 Å². The van der Waals surface area contributed by atoms with Gasteiger partial charge in [0, 0.05) is 18.0 Å². The SMILES string of the molecule is COc1cc(CNC(=O)c2csc(C(C)N)n2)cc(OC)c1. The first kappa shape index (κ1) is 16.3. The number of hydrogen-bond donors (Lipinski definition) is 2. The molecule has 118 valence electrons. The second kappa shape index (κ2) is 7.24. The molecule has 0 fully saturated rings. The smallest absolute Gasteiger partial charge is 0.271 e. The van der Waals surface area contributed by atoms with Gasteiger partial charge in [-0.15, -0.1) is 11.3 Å². The zero-order valence-electron chi connectivity index (χ0n) is 12.8. The van der Waals surface area contributed by atoms with E-state index in [4.69, 9.17) is 15.2 Å². The molecule has 1 amide bonds. The number of aromatic nitrogens is 1. The Morgan fingerprint density at radius 2 is 1.95 bits per heavy atom. The highest BCUT2D eigenvalue weighted by Gasteiger charge is 2.12. The van der Waals surface area contributed by atoms with Gasteiger partial charge in [-0.3, -0.25) is 4.79 Å². The molecule has 6 nitrogen and oxygen atoms in total. The largest absolute Gasteiger partial charge is 0.497 e. The van der Waals surface area contributed by atoms with Gasteiger partial charge in [0.2, 0.25) is 0 Å². The molecule has 1 atom stereocenters. The van der Waals surface area contributed by atoms with E-state index < -0.39 is 0 Å². The van der Waals surface area contributed by atoms with Crippen LogP contribution < -0.4 is 20.5 Å². The number of carbonyl (C=O) groups excluding carboxylic acids is 1. The topological polar surface area (TPSA) is 86.5 Å². The molecule has 0 aliphatic heterocycles. The quantitative estimate of drug-likeness (QED) is 0.851.